The minimum absolute atomic E-state index is 0.254. The third-order valence-corrected chi connectivity index (χ3v) is 3.11. The third kappa shape index (κ3) is 4.02. The third-order valence-electron chi connectivity index (χ3n) is 2.82. The highest BCUT2D eigenvalue weighted by atomic mass is 35.5. The number of rotatable bonds is 5. The Morgan fingerprint density at radius 2 is 2.12 bits per heavy atom. The highest BCUT2D eigenvalue weighted by Crippen LogP contribution is 2.30. The maximum atomic E-state index is 8.91. The number of nitrogens with one attached hydrogen (secondary N) is 2. The van der Waals surface area contributed by atoms with Crippen LogP contribution < -0.4 is 10.6 Å². The molecule has 2 heterocycles. The smallest absolute Gasteiger partial charge is 0.150 e. The zero-order valence-electron chi connectivity index (χ0n) is 12.4. The Morgan fingerprint density at radius 3 is 2.75 bits per heavy atom. The lowest BCUT2D eigenvalue weighted by molar-refractivity contribution is 1.01. The fourth-order valence-electron chi connectivity index (χ4n) is 1.74. The second kappa shape index (κ2) is 7.65. The molecule has 0 unspecified atom stereocenters. The Balaban J connectivity index is 2.34. The molecular formula is C14H10ClN9. The normalized spacial score (nSPS) is 10.7. The average molecular weight is 340 g/mol. The second-order valence-corrected chi connectivity index (χ2v) is 4.97. The first-order chi connectivity index (χ1) is 11.6. The number of anilines is 3. The highest BCUT2D eigenvalue weighted by molar-refractivity contribution is 6.33. The van der Waals surface area contributed by atoms with Gasteiger partial charge in [-0.05, 0) is 18.5 Å². The van der Waals surface area contributed by atoms with Crippen LogP contribution in [-0.2, 0) is 0 Å². The summed E-state index contributed by atoms with van der Waals surface area (Å²) in [6, 6.07) is 6.51. The number of azide groups is 1. The van der Waals surface area contributed by atoms with Gasteiger partial charge in [0, 0.05) is 29.1 Å². The van der Waals surface area contributed by atoms with Gasteiger partial charge in [0.05, 0.1) is 22.3 Å². The molecule has 2 N–H and O–H groups in total. The molecule has 0 spiro atoms. The quantitative estimate of drug-likeness (QED) is 0.477. The number of nitrogens with zero attached hydrogens (tertiary/aromatic N) is 7. The van der Waals surface area contributed by atoms with Crippen LogP contribution in [0.3, 0.4) is 0 Å². The van der Waals surface area contributed by atoms with Crippen LogP contribution in [0.25, 0.3) is 10.4 Å². The van der Waals surface area contributed by atoms with E-state index >= 15 is 0 Å². The lowest BCUT2D eigenvalue weighted by atomic mass is 10.3. The summed E-state index contributed by atoms with van der Waals surface area (Å²) in [6.45, 7) is 1.66. The van der Waals surface area contributed by atoms with Crippen molar-refractivity contribution in [3.8, 4) is 12.1 Å². The van der Waals surface area contributed by atoms with Gasteiger partial charge in [-0.15, -0.1) is 0 Å². The lowest BCUT2D eigenvalue weighted by Gasteiger charge is -2.13. The van der Waals surface area contributed by atoms with Gasteiger partial charge in [-0.25, -0.2) is 9.97 Å². The first-order valence-corrected chi connectivity index (χ1v) is 6.99. The zero-order valence-corrected chi connectivity index (χ0v) is 13.2. The minimum atomic E-state index is -0.496. The number of halogens is 1. The second-order valence-electron chi connectivity index (χ2n) is 4.56. The van der Waals surface area contributed by atoms with Crippen LogP contribution in [0.4, 0.5) is 23.0 Å². The molecule has 0 aliphatic rings. The molecule has 0 bridgehead atoms. The molecule has 0 radical (unpaired) electrons. The van der Waals surface area contributed by atoms with Gasteiger partial charge >= 0.3 is 0 Å². The van der Waals surface area contributed by atoms with E-state index in [1.807, 2.05) is 12.1 Å². The Hall–Kier alpha value is -3.52. The standard InChI is InChI=1S/C14H10ClN9/c1-8(4-16)21-11-3-13(19-7-12(11)23-24-18)22-14-10(15)2-9(5-17)6-20-14/h2-3,6-8H,1H3,(H2,19,20,21,22)/t8-/m1/s1. The minimum Gasteiger partial charge on any atom is -0.370 e. The maximum Gasteiger partial charge on any atom is 0.150 e. The van der Waals surface area contributed by atoms with Crippen LogP contribution in [-0.4, -0.2) is 16.0 Å². The molecule has 2 rings (SSSR count). The zero-order chi connectivity index (χ0) is 17.5. The molecule has 9 nitrogen and oxygen atoms in total. The fourth-order valence-corrected chi connectivity index (χ4v) is 1.95. The molecular weight excluding hydrogens is 330 g/mol. The van der Waals surface area contributed by atoms with Crippen LogP contribution in [0.2, 0.25) is 5.02 Å². The summed E-state index contributed by atoms with van der Waals surface area (Å²) in [4.78, 5) is 10.9. The van der Waals surface area contributed by atoms with Crippen molar-refractivity contribution in [1.82, 2.24) is 9.97 Å². The molecule has 2 aromatic heterocycles. The van der Waals surface area contributed by atoms with Crippen molar-refractivity contribution in [2.24, 2.45) is 5.11 Å². The number of aromatic nitrogens is 2. The Bertz CT molecular complexity index is 890. The lowest BCUT2D eigenvalue weighted by Crippen LogP contribution is -2.12. The maximum absolute atomic E-state index is 8.91. The summed E-state index contributed by atoms with van der Waals surface area (Å²) in [6.07, 6.45) is 2.73. The summed E-state index contributed by atoms with van der Waals surface area (Å²) in [5, 5.41) is 27.3. The van der Waals surface area contributed by atoms with Crippen molar-refractivity contribution in [3.63, 3.8) is 0 Å². The number of hydrogen-bond donors (Lipinski definition) is 2. The highest BCUT2D eigenvalue weighted by Gasteiger charge is 2.09. The van der Waals surface area contributed by atoms with E-state index in [9.17, 15) is 0 Å². The van der Waals surface area contributed by atoms with Gasteiger partial charge in [0.2, 0.25) is 0 Å². The van der Waals surface area contributed by atoms with Crippen molar-refractivity contribution >= 4 is 34.6 Å². The molecule has 0 saturated heterocycles. The topological polar surface area (TPSA) is 146 Å². The molecule has 0 aliphatic carbocycles. The molecule has 1 atom stereocenters. The van der Waals surface area contributed by atoms with E-state index in [1.54, 1.807) is 13.0 Å². The van der Waals surface area contributed by atoms with Crippen molar-refractivity contribution in [3.05, 3.63) is 45.6 Å². The largest absolute Gasteiger partial charge is 0.370 e. The summed E-state index contributed by atoms with van der Waals surface area (Å²) in [7, 11) is 0. The summed E-state index contributed by atoms with van der Waals surface area (Å²) < 4.78 is 0. The molecule has 2 aromatic rings. The van der Waals surface area contributed by atoms with E-state index in [-0.39, 0.29) is 10.7 Å². The van der Waals surface area contributed by atoms with Gasteiger partial charge in [0.1, 0.15) is 23.7 Å². The molecule has 24 heavy (non-hydrogen) atoms. The summed E-state index contributed by atoms with van der Waals surface area (Å²) in [5.74, 6) is 0.692. The van der Waals surface area contributed by atoms with Gasteiger partial charge in [-0.2, -0.15) is 10.5 Å². The van der Waals surface area contributed by atoms with E-state index in [1.165, 1.54) is 18.5 Å². The van der Waals surface area contributed by atoms with Crippen LogP contribution in [0, 0.1) is 22.7 Å². The average Bonchev–Trinajstić information content (AvgIpc) is 2.58. The van der Waals surface area contributed by atoms with Gasteiger partial charge in [-0.3, -0.25) is 0 Å². The first-order valence-electron chi connectivity index (χ1n) is 6.61. The monoisotopic (exact) mass is 339 g/mol. The van der Waals surface area contributed by atoms with Crippen molar-refractivity contribution in [2.45, 2.75) is 13.0 Å². The van der Waals surface area contributed by atoms with E-state index in [2.05, 4.69) is 30.6 Å². The van der Waals surface area contributed by atoms with E-state index < -0.39 is 6.04 Å². The van der Waals surface area contributed by atoms with Gasteiger partial charge in [0.15, 0.2) is 0 Å². The number of nitriles is 2. The van der Waals surface area contributed by atoms with Crippen LogP contribution in [0.15, 0.2) is 29.6 Å². The Morgan fingerprint density at radius 1 is 1.33 bits per heavy atom. The number of pyridine rings is 2. The summed E-state index contributed by atoms with van der Waals surface area (Å²) in [5.41, 5.74) is 9.62. The van der Waals surface area contributed by atoms with Gasteiger partial charge < -0.3 is 10.6 Å². The van der Waals surface area contributed by atoms with Crippen LogP contribution in [0.1, 0.15) is 12.5 Å². The van der Waals surface area contributed by atoms with Crippen LogP contribution in [0.5, 0.6) is 0 Å². The Labute approximate surface area is 142 Å². The van der Waals surface area contributed by atoms with E-state index in [0.29, 0.717) is 22.9 Å². The molecule has 118 valence electrons. The van der Waals surface area contributed by atoms with Gasteiger partial charge in [0.25, 0.3) is 0 Å². The van der Waals surface area contributed by atoms with Gasteiger partial charge in [-0.1, -0.05) is 16.7 Å². The van der Waals surface area contributed by atoms with E-state index in [4.69, 9.17) is 27.7 Å². The first kappa shape index (κ1) is 16.8. The van der Waals surface area contributed by atoms with Crippen molar-refractivity contribution < 1.29 is 0 Å². The fraction of sp³-hybridized carbons (Fsp3) is 0.143. The number of hydrogen-bond acceptors (Lipinski definition) is 7. The molecule has 10 heteroatoms. The Kier molecular flexibility index (Phi) is 5.37. The van der Waals surface area contributed by atoms with Crippen LogP contribution >= 0.6 is 11.6 Å². The van der Waals surface area contributed by atoms with Crippen molar-refractivity contribution in [1.29, 1.82) is 10.5 Å². The molecule has 0 aromatic carbocycles. The summed E-state index contributed by atoms with van der Waals surface area (Å²) >= 11 is 6.06. The molecule has 0 fully saturated rings. The molecule has 0 amide bonds. The van der Waals surface area contributed by atoms with E-state index in [0.717, 1.165) is 0 Å². The molecule has 0 aliphatic heterocycles. The van der Waals surface area contributed by atoms with Crippen molar-refractivity contribution in [2.75, 3.05) is 10.6 Å². The predicted octanol–water partition coefficient (Wildman–Crippen LogP) is 4.01. The molecule has 0 saturated carbocycles. The predicted molar refractivity (Wildman–Crippen MR) is 89.0 cm³/mol. The SMILES string of the molecule is C[C@H](C#N)Nc1cc(Nc2ncc(C#N)cc2Cl)ncc1N=[N+]=[N-].